The molecule has 0 saturated heterocycles. The Morgan fingerprint density at radius 1 is 1.62 bits per heavy atom. The highest BCUT2D eigenvalue weighted by molar-refractivity contribution is 7.13. The van der Waals surface area contributed by atoms with Gasteiger partial charge in [0.1, 0.15) is 17.6 Å². The van der Waals surface area contributed by atoms with Crippen LogP contribution in [0.3, 0.4) is 0 Å². The molecule has 6 heteroatoms. The monoisotopic (exact) mass is 235 g/mol. The van der Waals surface area contributed by atoms with Crippen LogP contribution >= 0.6 is 11.3 Å². The van der Waals surface area contributed by atoms with Crippen molar-refractivity contribution in [3.05, 3.63) is 22.8 Å². The number of nitrogens with zero attached hydrogens (tertiary/aromatic N) is 3. The largest absolute Gasteiger partial charge is 0.374 e. The van der Waals surface area contributed by atoms with Gasteiger partial charge in [0.15, 0.2) is 5.82 Å². The minimum Gasteiger partial charge on any atom is -0.374 e. The lowest BCUT2D eigenvalue weighted by Gasteiger charge is -1.92. The number of aromatic nitrogens is 2. The van der Waals surface area contributed by atoms with Gasteiger partial charge in [-0.15, -0.1) is 11.3 Å². The number of thiophene rings is 1. The Balaban J connectivity index is 2.22. The third-order valence-corrected chi connectivity index (χ3v) is 2.79. The number of ether oxygens (including phenoxy) is 1. The molecule has 16 heavy (non-hydrogen) atoms. The molecule has 0 aromatic carbocycles. The van der Waals surface area contributed by atoms with E-state index in [1.165, 1.54) is 11.3 Å². The average Bonchev–Trinajstić information content (AvgIpc) is 2.94. The molecule has 5 nitrogen and oxygen atoms in total. The zero-order valence-electron chi connectivity index (χ0n) is 8.64. The van der Waals surface area contributed by atoms with Gasteiger partial charge >= 0.3 is 0 Å². The summed E-state index contributed by atoms with van der Waals surface area (Å²) < 4.78 is 10.2. The molecule has 0 radical (unpaired) electrons. The van der Waals surface area contributed by atoms with Gasteiger partial charge in [-0.2, -0.15) is 10.2 Å². The predicted molar refractivity (Wildman–Crippen MR) is 57.7 cm³/mol. The van der Waals surface area contributed by atoms with Gasteiger partial charge in [-0.1, -0.05) is 5.16 Å². The summed E-state index contributed by atoms with van der Waals surface area (Å²) in [5, 5.41) is 14.4. The van der Waals surface area contributed by atoms with E-state index in [1.807, 2.05) is 12.3 Å². The molecule has 0 unspecified atom stereocenters. The summed E-state index contributed by atoms with van der Waals surface area (Å²) in [6, 6.07) is 3.81. The van der Waals surface area contributed by atoms with Crippen LogP contribution in [0.4, 0.5) is 0 Å². The maximum atomic E-state index is 8.86. The standard InChI is InChI=1S/C10H9N3O2S/c1-2-14-6-8-12-10(15-13-8)9-7(5-11)3-4-16-9/h3-4H,2,6H2,1H3. The minimum atomic E-state index is 0.327. The smallest absolute Gasteiger partial charge is 0.269 e. The normalized spacial score (nSPS) is 10.2. The second-order valence-corrected chi connectivity index (χ2v) is 3.84. The van der Waals surface area contributed by atoms with Crippen molar-refractivity contribution in [3.63, 3.8) is 0 Å². The molecule has 0 atom stereocenters. The van der Waals surface area contributed by atoms with Crippen LogP contribution in [0.1, 0.15) is 18.3 Å². The Morgan fingerprint density at radius 2 is 2.50 bits per heavy atom. The summed E-state index contributed by atoms with van der Waals surface area (Å²) >= 11 is 1.40. The third kappa shape index (κ3) is 2.10. The van der Waals surface area contributed by atoms with Crippen LogP contribution in [0.25, 0.3) is 10.8 Å². The van der Waals surface area contributed by atoms with Gasteiger partial charge in [-0.3, -0.25) is 0 Å². The lowest BCUT2D eigenvalue weighted by molar-refractivity contribution is 0.126. The van der Waals surface area contributed by atoms with Gasteiger partial charge in [0.25, 0.3) is 5.89 Å². The molecule has 0 aliphatic carbocycles. The predicted octanol–water partition coefficient (Wildman–Crippen LogP) is 2.21. The van der Waals surface area contributed by atoms with Gasteiger partial charge in [0.2, 0.25) is 0 Å². The van der Waals surface area contributed by atoms with Crippen molar-refractivity contribution in [2.24, 2.45) is 0 Å². The first-order chi connectivity index (χ1) is 7.85. The lowest BCUT2D eigenvalue weighted by Crippen LogP contribution is -1.93. The zero-order valence-corrected chi connectivity index (χ0v) is 9.45. The molecule has 0 bridgehead atoms. The molecule has 0 aliphatic heterocycles. The Kier molecular flexibility index (Phi) is 3.29. The SMILES string of the molecule is CCOCc1noc(-c2sccc2C#N)n1. The molecule has 0 fully saturated rings. The summed E-state index contributed by atoms with van der Waals surface area (Å²) in [6.07, 6.45) is 0. The second-order valence-electron chi connectivity index (χ2n) is 2.93. The number of rotatable bonds is 4. The first-order valence-electron chi connectivity index (χ1n) is 4.73. The summed E-state index contributed by atoms with van der Waals surface area (Å²) in [6.45, 7) is 2.83. The molecule has 82 valence electrons. The fourth-order valence-electron chi connectivity index (χ4n) is 1.16. The maximum Gasteiger partial charge on any atom is 0.269 e. The highest BCUT2D eigenvalue weighted by Crippen LogP contribution is 2.27. The average molecular weight is 235 g/mol. The van der Waals surface area contributed by atoms with Crippen LogP contribution in [0, 0.1) is 11.3 Å². The van der Waals surface area contributed by atoms with E-state index in [9.17, 15) is 0 Å². The first kappa shape index (κ1) is 10.8. The van der Waals surface area contributed by atoms with Gasteiger partial charge in [-0.25, -0.2) is 0 Å². The van der Waals surface area contributed by atoms with Crippen LogP contribution in [0.5, 0.6) is 0 Å². The van der Waals surface area contributed by atoms with E-state index < -0.39 is 0 Å². The topological polar surface area (TPSA) is 71.9 Å². The van der Waals surface area contributed by atoms with Crippen LogP contribution in [0.15, 0.2) is 16.0 Å². The molecular formula is C10H9N3O2S. The van der Waals surface area contributed by atoms with Crippen LogP contribution in [0.2, 0.25) is 0 Å². The minimum absolute atomic E-state index is 0.327. The first-order valence-corrected chi connectivity index (χ1v) is 5.61. The fourth-order valence-corrected chi connectivity index (χ4v) is 1.93. The summed E-state index contributed by atoms with van der Waals surface area (Å²) in [7, 11) is 0. The number of hydrogen-bond acceptors (Lipinski definition) is 6. The van der Waals surface area contributed by atoms with E-state index >= 15 is 0 Å². The van der Waals surface area contributed by atoms with Gasteiger partial charge in [0.05, 0.1) is 5.56 Å². The Morgan fingerprint density at radius 3 is 3.25 bits per heavy atom. The van der Waals surface area contributed by atoms with Crippen molar-refractivity contribution < 1.29 is 9.26 Å². The van der Waals surface area contributed by atoms with E-state index in [1.54, 1.807) is 6.07 Å². The van der Waals surface area contributed by atoms with E-state index in [0.717, 1.165) is 0 Å². The Labute approximate surface area is 96.3 Å². The summed E-state index contributed by atoms with van der Waals surface area (Å²) in [4.78, 5) is 4.86. The molecular weight excluding hydrogens is 226 g/mol. The molecule has 2 heterocycles. The molecule has 0 aliphatic rings. The second kappa shape index (κ2) is 4.88. The van der Waals surface area contributed by atoms with Crippen LogP contribution in [-0.2, 0) is 11.3 Å². The maximum absolute atomic E-state index is 8.86. The summed E-state index contributed by atoms with van der Waals surface area (Å²) in [5.41, 5.74) is 0.552. The van der Waals surface area contributed by atoms with Crippen molar-refractivity contribution in [2.45, 2.75) is 13.5 Å². The van der Waals surface area contributed by atoms with Crippen LogP contribution in [-0.4, -0.2) is 16.7 Å². The van der Waals surface area contributed by atoms with Crippen LogP contribution < -0.4 is 0 Å². The van der Waals surface area contributed by atoms with Crippen molar-refractivity contribution >= 4 is 11.3 Å². The van der Waals surface area contributed by atoms with E-state index in [0.29, 0.717) is 35.4 Å². The summed E-state index contributed by atoms with van der Waals surface area (Å²) in [5.74, 6) is 0.871. The highest BCUT2D eigenvalue weighted by Gasteiger charge is 2.14. The van der Waals surface area contributed by atoms with Gasteiger partial charge < -0.3 is 9.26 Å². The van der Waals surface area contributed by atoms with Crippen molar-refractivity contribution in [3.8, 4) is 16.8 Å². The lowest BCUT2D eigenvalue weighted by atomic mass is 10.3. The van der Waals surface area contributed by atoms with E-state index in [4.69, 9.17) is 14.5 Å². The van der Waals surface area contributed by atoms with E-state index in [-0.39, 0.29) is 0 Å². The van der Waals surface area contributed by atoms with Gasteiger partial charge in [-0.05, 0) is 18.4 Å². The molecule has 0 spiro atoms. The quantitative estimate of drug-likeness (QED) is 0.812. The van der Waals surface area contributed by atoms with Crippen molar-refractivity contribution in [1.29, 1.82) is 5.26 Å². The van der Waals surface area contributed by atoms with Crippen molar-refractivity contribution in [1.82, 2.24) is 10.1 Å². The molecule has 0 amide bonds. The Hall–Kier alpha value is -1.71. The third-order valence-electron chi connectivity index (χ3n) is 1.88. The zero-order chi connectivity index (χ0) is 11.4. The number of hydrogen-bond donors (Lipinski definition) is 0. The molecule has 2 aromatic heterocycles. The molecule has 0 saturated carbocycles. The number of nitriles is 1. The highest BCUT2D eigenvalue weighted by atomic mass is 32.1. The Bertz CT molecular complexity index is 512. The molecule has 2 rings (SSSR count). The van der Waals surface area contributed by atoms with Gasteiger partial charge in [0, 0.05) is 6.61 Å². The molecule has 2 aromatic rings. The molecule has 0 N–H and O–H groups in total. The van der Waals surface area contributed by atoms with Crippen molar-refractivity contribution in [2.75, 3.05) is 6.61 Å². The fraction of sp³-hybridized carbons (Fsp3) is 0.300. The van der Waals surface area contributed by atoms with E-state index in [2.05, 4.69) is 16.2 Å².